The van der Waals surface area contributed by atoms with E-state index < -0.39 is 23.6 Å². The van der Waals surface area contributed by atoms with Crippen molar-refractivity contribution in [2.75, 3.05) is 101 Å². The van der Waals surface area contributed by atoms with Crippen molar-refractivity contribution in [3.05, 3.63) is 95.4 Å². The predicted molar refractivity (Wildman–Crippen MR) is 303 cm³/mol. The van der Waals surface area contributed by atoms with E-state index >= 15 is 0 Å². The zero-order valence-electron chi connectivity index (χ0n) is 45.8. The smallest absolute Gasteiger partial charge is 0.246 e. The quantitative estimate of drug-likeness (QED) is 0.0754. The number of aliphatic hydroxyl groups is 1. The maximum absolute atomic E-state index is 14.2. The summed E-state index contributed by atoms with van der Waals surface area (Å²) >= 11 is 1.59. The highest BCUT2D eigenvalue weighted by molar-refractivity contribution is 7.13. The number of piperazine rings is 2. The number of benzene rings is 2. The van der Waals surface area contributed by atoms with Crippen LogP contribution in [0.1, 0.15) is 76.4 Å². The van der Waals surface area contributed by atoms with Gasteiger partial charge in [0.1, 0.15) is 17.8 Å². The Morgan fingerprint density at radius 1 is 0.872 bits per heavy atom. The van der Waals surface area contributed by atoms with Gasteiger partial charge in [0.25, 0.3) is 0 Å². The van der Waals surface area contributed by atoms with Crippen LogP contribution in [0.4, 0.5) is 17.2 Å². The summed E-state index contributed by atoms with van der Waals surface area (Å²) in [6.45, 7) is 19.2. The number of amides is 3. The molecule has 10 rings (SSSR count). The summed E-state index contributed by atoms with van der Waals surface area (Å²) in [6, 6.07) is 20.2. The number of carbonyl (C=O) groups excluding carboxylic acids is 3. The molecule has 2 bridgehead atoms. The molecule has 6 N–H and O–H groups in total. The first-order valence-corrected chi connectivity index (χ1v) is 28.7. The minimum absolute atomic E-state index is 0.0180. The largest absolute Gasteiger partial charge is 0.507 e. The number of likely N-dealkylation sites (tertiary alicyclic amines) is 2. The zero-order chi connectivity index (χ0) is 54.7. The van der Waals surface area contributed by atoms with Gasteiger partial charge in [-0.2, -0.15) is 0 Å². The van der Waals surface area contributed by atoms with Crippen molar-refractivity contribution in [1.82, 2.24) is 50.4 Å². The highest BCUT2D eigenvalue weighted by Crippen LogP contribution is 2.39. The number of β-amino-alcohol motifs (C(OH)–C–C–N with tert-alkyl or cyclic N) is 1. The first-order chi connectivity index (χ1) is 37.5. The Hall–Kier alpha value is -6.29. The van der Waals surface area contributed by atoms with E-state index in [0.29, 0.717) is 48.9 Å². The van der Waals surface area contributed by atoms with Crippen LogP contribution in [0.2, 0.25) is 0 Å². The van der Waals surface area contributed by atoms with Gasteiger partial charge in [0.15, 0.2) is 5.82 Å². The first kappa shape index (κ1) is 55.0. The number of phenolic OH excluding ortho intramolecular Hbond substituents is 1. The number of aromatic nitrogens is 4. The molecule has 2 aromatic carbocycles. The Bertz CT molecular complexity index is 2870. The van der Waals surface area contributed by atoms with Crippen LogP contribution in [0.3, 0.4) is 0 Å². The molecule has 5 aliphatic heterocycles. The number of hydrogen-bond acceptors (Lipinski definition) is 17. The van der Waals surface area contributed by atoms with Crippen LogP contribution in [0.5, 0.6) is 5.75 Å². The van der Waals surface area contributed by atoms with Crippen LogP contribution in [-0.2, 0) is 25.5 Å². The molecule has 8 heterocycles. The van der Waals surface area contributed by atoms with Gasteiger partial charge in [0, 0.05) is 107 Å². The number of carbonyl (C=O) groups is 3. The van der Waals surface area contributed by atoms with E-state index in [4.69, 9.17) is 15.5 Å². The van der Waals surface area contributed by atoms with Gasteiger partial charge < -0.3 is 50.9 Å². The summed E-state index contributed by atoms with van der Waals surface area (Å²) < 4.78 is 6.24. The van der Waals surface area contributed by atoms with Gasteiger partial charge in [-0.15, -0.1) is 21.5 Å². The number of aryl methyl sites for hydroxylation is 2. The van der Waals surface area contributed by atoms with Crippen molar-refractivity contribution >= 4 is 46.3 Å². The minimum atomic E-state index is -0.893. The van der Waals surface area contributed by atoms with Gasteiger partial charge >= 0.3 is 0 Å². The highest BCUT2D eigenvalue weighted by Gasteiger charge is 2.45. The number of aliphatic hydroxyl groups excluding tert-OH is 1. The van der Waals surface area contributed by atoms with Crippen LogP contribution in [0.15, 0.2) is 78.4 Å². The summed E-state index contributed by atoms with van der Waals surface area (Å²) in [6.07, 6.45) is 5.48. The van der Waals surface area contributed by atoms with Crippen LogP contribution in [0, 0.1) is 12.3 Å². The van der Waals surface area contributed by atoms with Crippen molar-refractivity contribution in [3.63, 3.8) is 0 Å². The molecule has 0 saturated carbocycles. The van der Waals surface area contributed by atoms with Gasteiger partial charge in [-0.05, 0) is 92.9 Å². The summed E-state index contributed by atoms with van der Waals surface area (Å²) in [5, 5.41) is 35.8. The van der Waals surface area contributed by atoms with Gasteiger partial charge in [-0.3, -0.25) is 29.2 Å². The SMILES string of the molecule is Cc1ncsc1-c1ccc([C@H](C)NC(=O)[C@@H]2C[C@@H](O)CN2C(=O)[C@@H](NC(=O)CN2CC(OCCN3CCN(CCCc4cc(N5C6CCC5CN(c5cc(-c7ccccc7O)nnc5N)C6)ccn4)CC3)C2)C(C)(C)C)cc1. The summed E-state index contributed by atoms with van der Waals surface area (Å²) in [5.41, 5.74) is 15.0. The van der Waals surface area contributed by atoms with Crippen LogP contribution in [0.25, 0.3) is 21.7 Å². The third kappa shape index (κ3) is 12.7. The number of phenols is 1. The number of ether oxygens (including phenoxy) is 1. The summed E-state index contributed by atoms with van der Waals surface area (Å²) in [4.78, 5) is 65.1. The van der Waals surface area contributed by atoms with Gasteiger partial charge in [0.05, 0.1) is 58.9 Å². The lowest BCUT2D eigenvalue weighted by Gasteiger charge is -2.43. The molecule has 0 radical (unpaired) electrons. The topological polar surface area (TPSA) is 222 Å². The number of fused-ring (bicyclic) bond motifs is 2. The molecule has 5 saturated heterocycles. The maximum Gasteiger partial charge on any atom is 0.246 e. The van der Waals surface area contributed by atoms with E-state index in [-0.39, 0.29) is 55.1 Å². The zero-order valence-corrected chi connectivity index (χ0v) is 46.6. The second-order valence-corrected chi connectivity index (χ2v) is 23.9. The Morgan fingerprint density at radius 2 is 1.59 bits per heavy atom. The Labute approximate surface area is 462 Å². The normalized spacial score (nSPS) is 22.1. The molecule has 5 aliphatic rings. The fourth-order valence-corrected chi connectivity index (χ4v) is 12.8. The van der Waals surface area contributed by atoms with E-state index in [1.54, 1.807) is 23.5 Å². The number of nitrogens with zero attached hydrogens (tertiary/aromatic N) is 10. The Balaban J connectivity index is 0.611. The lowest BCUT2D eigenvalue weighted by molar-refractivity contribution is -0.144. The average Bonchev–Trinajstić information content (AvgIpc) is 4.29. The number of thiazole rings is 1. The van der Waals surface area contributed by atoms with Crippen molar-refractivity contribution < 1.29 is 29.3 Å². The average molecular weight is 1080 g/mol. The molecular formula is C58H77N13O6S. The maximum atomic E-state index is 14.2. The third-order valence-electron chi connectivity index (χ3n) is 16.4. The Kier molecular flexibility index (Phi) is 16.9. The summed E-state index contributed by atoms with van der Waals surface area (Å²) in [5.74, 6) is -0.405. The molecule has 2 unspecified atom stereocenters. The number of nitrogen functional groups attached to an aromatic ring is 1. The molecule has 0 spiro atoms. The Morgan fingerprint density at radius 3 is 2.28 bits per heavy atom. The molecule has 19 nitrogen and oxygen atoms in total. The van der Waals surface area contributed by atoms with E-state index in [1.807, 2.05) is 93.7 Å². The van der Waals surface area contributed by atoms with Crippen molar-refractivity contribution in [2.24, 2.45) is 5.41 Å². The molecule has 416 valence electrons. The van der Waals surface area contributed by atoms with Crippen molar-refractivity contribution in [1.29, 1.82) is 0 Å². The van der Waals surface area contributed by atoms with Crippen LogP contribution < -0.4 is 26.2 Å². The standard InChI is InChI=1S/C58H77N13O6S/c1-37(39-12-14-40(15-13-39)53-38(2)61-36-78-53)62-56(75)50-28-45(72)32-70(50)57(76)54(58(3,4)5)63-52(74)35-68-33-46(34-68)77-26-25-67-23-21-66(22-24-67)20-8-9-41-27-42(18-19-60-41)71-43-16-17-44(71)31-69(30-43)49-29-48(64-65-55(49)59)47-10-6-7-11-51(47)73/h6-7,10-15,18-19,27,29,36-37,43-46,50,54,72-73H,8-9,16-17,20-26,28,30-35H2,1-5H3,(H2,59,65)(H,62,75)(H,63,74)/t37-,43?,44?,45+,50-,54+/m0/s1. The minimum Gasteiger partial charge on any atom is -0.507 e. The monoisotopic (exact) mass is 1080 g/mol. The number of anilines is 3. The fourth-order valence-electron chi connectivity index (χ4n) is 12.0. The molecule has 5 aromatic rings. The molecule has 78 heavy (non-hydrogen) atoms. The van der Waals surface area contributed by atoms with Gasteiger partial charge in [-0.25, -0.2) is 4.98 Å². The van der Waals surface area contributed by atoms with Gasteiger partial charge in [0.2, 0.25) is 17.7 Å². The lowest BCUT2D eigenvalue weighted by Crippen LogP contribution is -2.60. The van der Waals surface area contributed by atoms with E-state index in [9.17, 15) is 24.6 Å². The molecular weight excluding hydrogens is 1010 g/mol. The third-order valence-corrected chi connectivity index (χ3v) is 17.4. The molecule has 3 aromatic heterocycles. The second kappa shape index (κ2) is 24.0. The second-order valence-electron chi connectivity index (χ2n) is 23.1. The predicted octanol–water partition coefficient (Wildman–Crippen LogP) is 4.74. The molecule has 6 atom stereocenters. The van der Waals surface area contributed by atoms with E-state index in [2.05, 4.69) is 57.5 Å². The number of hydrogen-bond donors (Lipinski definition) is 5. The van der Waals surface area contributed by atoms with Gasteiger partial charge in [-0.1, -0.05) is 57.2 Å². The number of para-hydroxylation sites is 1. The van der Waals surface area contributed by atoms with Crippen molar-refractivity contribution in [3.8, 4) is 27.4 Å². The number of nitrogens with one attached hydrogen (secondary N) is 2. The van der Waals surface area contributed by atoms with Crippen LogP contribution in [-0.4, -0.2) is 189 Å². The summed E-state index contributed by atoms with van der Waals surface area (Å²) in [7, 11) is 0. The van der Waals surface area contributed by atoms with E-state index in [0.717, 1.165) is 111 Å². The lowest BCUT2D eigenvalue weighted by atomic mass is 9.85. The van der Waals surface area contributed by atoms with E-state index in [1.165, 1.54) is 10.6 Å². The molecule has 20 heteroatoms. The first-order valence-electron chi connectivity index (χ1n) is 27.8. The molecule has 3 amide bonds. The fraction of sp³-hybridized carbons (Fsp3) is 0.534. The molecule has 0 aliphatic carbocycles. The number of pyridine rings is 1. The highest BCUT2D eigenvalue weighted by atomic mass is 32.1. The number of aromatic hydroxyl groups is 1. The number of rotatable bonds is 19. The number of nitrogens with two attached hydrogens (primary N) is 1. The van der Waals surface area contributed by atoms with Crippen LogP contribution >= 0.6 is 11.3 Å². The van der Waals surface area contributed by atoms with Crippen molar-refractivity contribution in [2.45, 2.75) is 109 Å². The molecule has 5 fully saturated rings.